The molecule has 2 N–H and O–H groups in total. The zero-order valence-electron chi connectivity index (χ0n) is 11.1. The summed E-state index contributed by atoms with van der Waals surface area (Å²) in [5.41, 5.74) is -0.0949. The Bertz CT molecular complexity index is 789. The highest BCUT2D eigenvalue weighted by Gasteiger charge is 2.04. The number of aryl methyl sites for hydroxylation is 1. The molecule has 6 nitrogen and oxygen atoms in total. The van der Waals surface area contributed by atoms with Gasteiger partial charge in [-0.25, -0.2) is 0 Å². The molecular formula is C14H15N5O. The predicted molar refractivity (Wildman–Crippen MR) is 77.6 cm³/mol. The number of hydrogen-bond acceptors (Lipinski definition) is 4. The standard InChI is InChI=1S/C14H15N5O/c1-2-19-9-16-18-13(19)8-15-12-7-10-5-3-4-6-11(10)14(20)17-12/h3-7,9H,2,8H2,1H3,(H2,15,17,20). The van der Waals surface area contributed by atoms with Crippen molar-refractivity contribution < 1.29 is 0 Å². The first kappa shape index (κ1) is 12.4. The van der Waals surface area contributed by atoms with Crippen LogP contribution in [0.15, 0.2) is 41.5 Å². The van der Waals surface area contributed by atoms with Crippen LogP contribution < -0.4 is 10.9 Å². The van der Waals surface area contributed by atoms with Gasteiger partial charge in [-0.1, -0.05) is 18.2 Å². The number of benzene rings is 1. The Balaban J connectivity index is 1.86. The van der Waals surface area contributed by atoms with Crippen LogP contribution in [0, 0.1) is 0 Å². The summed E-state index contributed by atoms with van der Waals surface area (Å²) in [6, 6.07) is 9.42. The number of H-pyrrole nitrogens is 1. The smallest absolute Gasteiger partial charge is 0.257 e. The van der Waals surface area contributed by atoms with E-state index in [1.54, 1.807) is 6.33 Å². The molecule has 2 aromatic heterocycles. The van der Waals surface area contributed by atoms with Crippen molar-refractivity contribution in [3.05, 3.63) is 52.8 Å². The minimum Gasteiger partial charge on any atom is -0.364 e. The lowest BCUT2D eigenvalue weighted by Gasteiger charge is -2.07. The molecule has 0 aliphatic carbocycles. The van der Waals surface area contributed by atoms with Crippen LogP contribution in [0.25, 0.3) is 10.8 Å². The fourth-order valence-corrected chi connectivity index (χ4v) is 2.16. The molecule has 3 rings (SSSR count). The second-order valence-corrected chi connectivity index (χ2v) is 4.49. The van der Waals surface area contributed by atoms with Crippen LogP contribution in [0.5, 0.6) is 0 Å². The van der Waals surface area contributed by atoms with Gasteiger partial charge in [0.1, 0.15) is 12.1 Å². The van der Waals surface area contributed by atoms with Gasteiger partial charge >= 0.3 is 0 Å². The van der Waals surface area contributed by atoms with Crippen molar-refractivity contribution >= 4 is 16.6 Å². The summed E-state index contributed by atoms with van der Waals surface area (Å²) in [6.07, 6.45) is 1.69. The molecule has 102 valence electrons. The van der Waals surface area contributed by atoms with Crippen molar-refractivity contribution in [2.75, 3.05) is 5.32 Å². The number of fused-ring (bicyclic) bond motifs is 1. The highest BCUT2D eigenvalue weighted by molar-refractivity contribution is 5.83. The minimum absolute atomic E-state index is 0.0949. The Morgan fingerprint density at radius 3 is 3.05 bits per heavy atom. The molecule has 0 bridgehead atoms. The Labute approximate surface area is 115 Å². The van der Waals surface area contributed by atoms with E-state index in [1.807, 2.05) is 41.8 Å². The Hall–Kier alpha value is -2.63. The van der Waals surface area contributed by atoms with Crippen molar-refractivity contribution in [3.8, 4) is 0 Å². The van der Waals surface area contributed by atoms with E-state index in [0.29, 0.717) is 17.7 Å². The summed E-state index contributed by atoms with van der Waals surface area (Å²) in [4.78, 5) is 14.8. The molecule has 0 amide bonds. The topological polar surface area (TPSA) is 75.6 Å². The molecule has 3 aromatic rings. The molecule has 2 heterocycles. The first-order valence-corrected chi connectivity index (χ1v) is 6.50. The maximum absolute atomic E-state index is 12.0. The van der Waals surface area contributed by atoms with Crippen LogP contribution in [0.4, 0.5) is 5.82 Å². The van der Waals surface area contributed by atoms with E-state index in [1.165, 1.54) is 0 Å². The third kappa shape index (κ3) is 2.27. The largest absolute Gasteiger partial charge is 0.364 e. The fourth-order valence-electron chi connectivity index (χ4n) is 2.16. The highest BCUT2D eigenvalue weighted by Crippen LogP contribution is 2.13. The normalized spacial score (nSPS) is 10.8. The van der Waals surface area contributed by atoms with Crippen LogP contribution in [-0.4, -0.2) is 19.7 Å². The van der Waals surface area contributed by atoms with Gasteiger partial charge in [-0.15, -0.1) is 10.2 Å². The highest BCUT2D eigenvalue weighted by atomic mass is 16.1. The van der Waals surface area contributed by atoms with Crippen LogP contribution >= 0.6 is 0 Å². The van der Waals surface area contributed by atoms with Gasteiger partial charge in [0.2, 0.25) is 0 Å². The molecule has 0 unspecified atom stereocenters. The molecule has 20 heavy (non-hydrogen) atoms. The lowest BCUT2D eigenvalue weighted by molar-refractivity contribution is 0.707. The molecule has 6 heteroatoms. The quantitative estimate of drug-likeness (QED) is 0.756. The lowest BCUT2D eigenvalue weighted by atomic mass is 10.2. The third-order valence-electron chi connectivity index (χ3n) is 3.23. The second kappa shape index (κ2) is 5.16. The average Bonchev–Trinajstić information content (AvgIpc) is 2.93. The lowest BCUT2D eigenvalue weighted by Crippen LogP contribution is -2.13. The molecule has 0 saturated carbocycles. The van der Waals surface area contributed by atoms with E-state index >= 15 is 0 Å². The van der Waals surface area contributed by atoms with Crippen molar-refractivity contribution in [3.63, 3.8) is 0 Å². The number of aromatic amines is 1. The predicted octanol–water partition coefficient (Wildman–Crippen LogP) is 1.75. The maximum atomic E-state index is 12.0. The summed E-state index contributed by atoms with van der Waals surface area (Å²) in [5, 5.41) is 12.7. The zero-order chi connectivity index (χ0) is 13.9. The number of nitrogens with zero attached hydrogens (tertiary/aromatic N) is 3. The number of aromatic nitrogens is 4. The van der Waals surface area contributed by atoms with E-state index in [2.05, 4.69) is 20.5 Å². The molecule has 1 aromatic carbocycles. The second-order valence-electron chi connectivity index (χ2n) is 4.49. The van der Waals surface area contributed by atoms with Gasteiger partial charge in [0.05, 0.1) is 6.54 Å². The van der Waals surface area contributed by atoms with Crippen molar-refractivity contribution in [1.29, 1.82) is 0 Å². The summed E-state index contributed by atoms with van der Waals surface area (Å²) < 4.78 is 1.95. The van der Waals surface area contributed by atoms with Crippen LogP contribution in [0.1, 0.15) is 12.7 Å². The van der Waals surface area contributed by atoms with Crippen molar-refractivity contribution in [2.45, 2.75) is 20.0 Å². The van der Waals surface area contributed by atoms with Crippen LogP contribution in [0.2, 0.25) is 0 Å². The van der Waals surface area contributed by atoms with Gasteiger partial charge < -0.3 is 14.9 Å². The molecule has 0 radical (unpaired) electrons. The van der Waals surface area contributed by atoms with Crippen LogP contribution in [-0.2, 0) is 13.1 Å². The summed E-state index contributed by atoms with van der Waals surface area (Å²) >= 11 is 0. The van der Waals surface area contributed by atoms with E-state index in [9.17, 15) is 4.79 Å². The Morgan fingerprint density at radius 1 is 1.35 bits per heavy atom. The number of pyridine rings is 1. The van der Waals surface area contributed by atoms with Gasteiger partial charge in [0.25, 0.3) is 5.56 Å². The Kier molecular flexibility index (Phi) is 3.20. The summed E-state index contributed by atoms with van der Waals surface area (Å²) in [6.45, 7) is 3.37. The first-order valence-electron chi connectivity index (χ1n) is 6.50. The molecule has 0 spiro atoms. The number of anilines is 1. The van der Waals surface area contributed by atoms with E-state index in [-0.39, 0.29) is 5.56 Å². The van der Waals surface area contributed by atoms with Gasteiger partial charge in [0, 0.05) is 11.9 Å². The van der Waals surface area contributed by atoms with Crippen molar-refractivity contribution in [1.82, 2.24) is 19.7 Å². The molecule has 0 fully saturated rings. The molecule has 0 saturated heterocycles. The monoisotopic (exact) mass is 269 g/mol. The molecule has 0 aliphatic heterocycles. The van der Waals surface area contributed by atoms with Gasteiger partial charge in [0.15, 0.2) is 5.82 Å². The van der Waals surface area contributed by atoms with Crippen molar-refractivity contribution in [2.24, 2.45) is 0 Å². The number of rotatable bonds is 4. The van der Waals surface area contributed by atoms with Gasteiger partial charge in [-0.2, -0.15) is 0 Å². The first-order chi connectivity index (χ1) is 9.78. The van der Waals surface area contributed by atoms with E-state index in [4.69, 9.17) is 0 Å². The zero-order valence-corrected chi connectivity index (χ0v) is 11.1. The third-order valence-corrected chi connectivity index (χ3v) is 3.23. The van der Waals surface area contributed by atoms with Gasteiger partial charge in [-0.05, 0) is 24.4 Å². The van der Waals surface area contributed by atoms with Crippen LogP contribution in [0.3, 0.4) is 0 Å². The summed E-state index contributed by atoms with van der Waals surface area (Å²) in [7, 11) is 0. The van der Waals surface area contributed by atoms with E-state index in [0.717, 1.165) is 17.8 Å². The molecule has 0 aliphatic rings. The van der Waals surface area contributed by atoms with Gasteiger partial charge in [-0.3, -0.25) is 4.79 Å². The van der Waals surface area contributed by atoms with E-state index < -0.39 is 0 Å². The number of nitrogens with one attached hydrogen (secondary N) is 2. The Morgan fingerprint density at radius 2 is 2.20 bits per heavy atom. The minimum atomic E-state index is -0.0949. The SMILES string of the molecule is CCn1cnnc1CNc1cc2ccccc2c(=O)[nH]1. The molecular weight excluding hydrogens is 254 g/mol. The molecule has 0 atom stereocenters. The maximum Gasteiger partial charge on any atom is 0.257 e. The fraction of sp³-hybridized carbons (Fsp3) is 0.214. The number of hydrogen-bond donors (Lipinski definition) is 2. The average molecular weight is 269 g/mol. The summed E-state index contributed by atoms with van der Waals surface area (Å²) in [5.74, 6) is 1.51.